The molecule has 0 bridgehead atoms. The van der Waals surface area contributed by atoms with Crippen molar-refractivity contribution >= 4 is 5.91 Å². The predicted octanol–water partition coefficient (Wildman–Crippen LogP) is 1.80. The first-order valence-corrected chi connectivity index (χ1v) is 5.13. The summed E-state index contributed by atoms with van der Waals surface area (Å²) < 4.78 is 10.6. The van der Waals surface area contributed by atoms with Crippen molar-refractivity contribution in [3.8, 4) is 11.5 Å². The van der Waals surface area contributed by atoms with E-state index in [1.165, 1.54) is 4.90 Å². The summed E-state index contributed by atoms with van der Waals surface area (Å²) in [6.07, 6.45) is 0. The Balaban J connectivity index is 3.21. The second kappa shape index (κ2) is 5.39. The number of hydrogen-bond donors (Lipinski definition) is 0. The first kappa shape index (κ1) is 12.4. The van der Waals surface area contributed by atoms with Crippen molar-refractivity contribution in [1.82, 2.24) is 4.90 Å². The van der Waals surface area contributed by atoms with Crippen molar-refractivity contribution in [2.75, 3.05) is 27.8 Å². The average molecular weight is 223 g/mol. The zero-order chi connectivity index (χ0) is 12.1. The fraction of sp³-hybridized carbons (Fsp3) is 0.417. The van der Waals surface area contributed by atoms with Gasteiger partial charge < -0.3 is 14.4 Å². The SMILES string of the molecule is CCOc1c(OC)cccc1C(=O)N(C)C. The van der Waals surface area contributed by atoms with Crippen molar-refractivity contribution in [2.45, 2.75) is 6.92 Å². The largest absolute Gasteiger partial charge is 0.493 e. The van der Waals surface area contributed by atoms with Crippen LogP contribution in [0.3, 0.4) is 0 Å². The third-order valence-electron chi connectivity index (χ3n) is 2.12. The fourth-order valence-corrected chi connectivity index (χ4v) is 1.38. The van der Waals surface area contributed by atoms with Gasteiger partial charge in [0.25, 0.3) is 5.91 Å². The van der Waals surface area contributed by atoms with E-state index in [0.717, 1.165) is 0 Å². The van der Waals surface area contributed by atoms with Crippen LogP contribution in [0, 0.1) is 0 Å². The maximum absolute atomic E-state index is 11.9. The van der Waals surface area contributed by atoms with E-state index < -0.39 is 0 Å². The van der Waals surface area contributed by atoms with E-state index in [1.807, 2.05) is 6.92 Å². The van der Waals surface area contributed by atoms with Crippen LogP contribution < -0.4 is 9.47 Å². The Morgan fingerprint density at radius 1 is 1.38 bits per heavy atom. The second-order valence-corrected chi connectivity index (χ2v) is 3.47. The summed E-state index contributed by atoms with van der Waals surface area (Å²) in [7, 11) is 4.97. The van der Waals surface area contributed by atoms with Gasteiger partial charge >= 0.3 is 0 Å². The van der Waals surface area contributed by atoms with Crippen LogP contribution in [0.25, 0.3) is 0 Å². The Bertz CT molecular complexity index is 375. The molecule has 0 aromatic heterocycles. The lowest BCUT2D eigenvalue weighted by Gasteiger charge is -2.16. The van der Waals surface area contributed by atoms with Crippen LogP contribution in [-0.4, -0.2) is 38.6 Å². The minimum absolute atomic E-state index is 0.0950. The topological polar surface area (TPSA) is 38.8 Å². The van der Waals surface area contributed by atoms with Crippen molar-refractivity contribution in [1.29, 1.82) is 0 Å². The highest BCUT2D eigenvalue weighted by Gasteiger charge is 2.17. The molecule has 1 amide bonds. The molecule has 4 heteroatoms. The van der Waals surface area contributed by atoms with E-state index in [4.69, 9.17) is 9.47 Å². The lowest BCUT2D eigenvalue weighted by Crippen LogP contribution is -2.22. The van der Waals surface area contributed by atoms with Gasteiger partial charge in [0.1, 0.15) is 0 Å². The Hall–Kier alpha value is -1.71. The summed E-state index contributed by atoms with van der Waals surface area (Å²) in [5.74, 6) is 0.989. The summed E-state index contributed by atoms with van der Waals surface area (Å²) in [6.45, 7) is 2.37. The molecular formula is C12H17NO3. The summed E-state index contributed by atoms with van der Waals surface area (Å²) in [4.78, 5) is 13.4. The molecule has 0 spiro atoms. The number of amides is 1. The fourth-order valence-electron chi connectivity index (χ4n) is 1.38. The van der Waals surface area contributed by atoms with Crippen molar-refractivity contribution in [3.63, 3.8) is 0 Å². The maximum atomic E-state index is 11.9. The van der Waals surface area contributed by atoms with Crippen molar-refractivity contribution in [2.24, 2.45) is 0 Å². The molecule has 0 unspecified atom stereocenters. The number of nitrogens with zero attached hydrogens (tertiary/aromatic N) is 1. The highest BCUT2D eigenvalue weighted by atomic mass is 16.5. The second-order valence-electron chi connectivity index (χ2n) is 3.47. The van der Waals surface area contributed by atoms with Gasteiger partial charge in [0.15, 0.2) is 11.5 Å². The molecule has 0 saturated carbocycles. The summed E-state index contributed by atoms with van der Waals surface area (Å²) >= 11 is 0. The summed E-state index contributed by atoms with van der Waals surface area (Å²) in [5.41, 5.74) is 0.520. The molecule has 1 aromatic carbocycles. The third kappa shape index (κ3) is 2.45. The number of carbonyl (C=O) groups excluding carboxylic acids is 1. The number of hydrogen-bond acceptors (Lipinski definition) is 3. The van der Waals surface area contributed by atoms with Gasteiger partial charge in [-0.2, -0.15) is 0 Å². The van der Waals surface area contributed by atoms with E-state index in [9.17, 15) is 4.79 Å². The molecule has 0 saturated heterocycles. The van der Waals surface area contributed by atoms with Gasteiger partial charge in [0.05, 0.1) is 19.3 Å². The van der Waals surface area contributed by atoms with Crippen LogP contribution in [-0.2, 0) is 0 Å². The van der Waals surface area contributed by atoms with Crippen LogP contribution in [0.5, 0.6) is 11.5 Å². The Kier molecular flexibility index (Phi) is 4.17. The highest BCUT2D eigenvalue weighted by molar-refractivity contribution is 5.97. The molecule has 0 fully saturated rings. The monoisotopic (exact) mass is 223 g/mol. The van der Waals surface area contributed by atoms with E-state index in [2.05, 4.69) is 0 Å². The summed E-state index contributed by atoms with van der Waals surface area (Å²) in [5, 5.41) is 0. The van der Waals surface area contributed by atoms with Gasteiger partial charge in [-0.1, -0.05) is 6.07 Å². The normalized spacial score (nSPS) is 9.75. The number of carbonyl (C=O) groups is 1. The number of para-hydroxylation sites is 1. The lowest BCUT2D eigenvalue weighted by atomic mass is 10.1. The standard InChI is InChI=1S/C12H17NO3/c1-5-16-11-9(12(14)13(2)3)7-6-8-10(11)15-4/h6-8H,5H2,1-4H3. The highest BCUT2D eigenvalue weighted by Crippen LogP contribution is 2.31. The molecule has 1 rings (SSSR count). The van der Waals surface area contributed by atoms with Crippen LogP contribution in [0.4, 0.5) is 0 Å². The Morgan fingerprint density at radius 3 is 2.56 bits per heavy atom. The number of benzene rings is 1. The van der Waals surface area contributed by atoms with Gasteiger partial charge in [-0.15, -0.1) is 0 Å². The smallest absolute Gasteiger partial charge is 0.257 e. The molecular weight excluding hydrogens is 206 g/mol. The van der Waals surface area contributed by atoms with Gasteiger partial charge in [0.2, 0.25) is 0 Å². The first-order valence-electron chi connectivity index (χ1n) is 5.13. The van der Waals surface area contributed by atoms with Crippen LogP contribution in [0.15, 0.2) is 18.2 Å². The van der Waals surface area contributed by atoms with Crippen molar-refractivity contribution < 1.29 is 14.3 Å². The number of methoxy groups -OCH3 is 1. The average Bonchev–Trinajstić information content (AvgIpc) is 2.28. The molecule has 4 nitrogen and oxygen atoms in total. The number of ether oxygens (including phenoxy) is 2. The minimum Gasteiger partial charge on any atom is -0.493 e. The van der Waals surface area contributed by atoms with Crippen molar-refractivity contribution in [3.05, 3.63) is 23.8 Å². The third-order valence-corrected chi connectivity index (χ3v) is 2.12. The maximum Gasteiger partial charge on any atom is 0.257 e. The van der Waals surface area contributed by atoms with E-state index in [-0.39, 0.29) is 5.91 Å². The van der Waals surface area contributed by atoms with E-state index in [1.54, 1.807) is 39.4 Å². The van der Waals surface area contributed by atoms with Gasteiger partial charge in [0, 0.05) is 14.1 Å². The van der Waals surface area contributed by atoms with Crippen LogP contribution in [0.1, 0.15) is 17.3 Å². The summed E-state index contributed by atoms with van der Waals surface area (Å²) in [6, 6.07) is 5.28. The zero-order valence-electron chi connectivity index (χ0n) is 10.1. The molecule has 0 N–H and O–H groups in total. The van der Waals surface area contributed by atoms with Gasteiger partial charge in [-0.25, -0.2) is 0 Å². The molecule has 88 valence electrons. The molecule has 0 heterocycles. The first-order chi connectivity index (χ1) is 7.61. The predicted molar refractivity (Wildman–Crippen MR) is 62.2 cm³/mol. The Morgan fingerprint density at radius 2 is 2.06 bits per heavy atom. The minimum atomic E-state index is -0.0950. The number of rotatable bonds is 4. The molecule has 0 atom stereocenters. The molecule has 0 radical (unpaired) electrons. The molecule has 1 aromatic rings. The Labute approximate surface area is 95.8 Å². The van der Waals surface area contributed by atoms with Crippen LogP contribution >= 0.6 is 0 Å². The lowest BCUT2D eigenvalue weighted by molar-refractivity contribution is 0.0822. The quantitative estimate of drug-likeness (QED) is 0.781. The zero-order valence-corrected chi connectivity index (χ0v) is 10.1. The molecule has 16 heavy (non-hydrogen) atoms. The molecule has 0 aliphatic heterocycles. The molecule has 0 aliphatic carbocycles. The van der Waals surface area contributed by atoms with Gasteiger partial charge in [-0.05, 0) is 19.1 Å². The van der Waals surface area contributed by atoms with Crippen LogP contribution in [0.2, 0.25) is 0 Å². The van der Waals surface area contributed by atoms with E-state index in [0.29, 0.717) is 23.7 Å². The van der Waals surface area contributed by atoms with E-state index >= 15 is 0 Å². The molecule has 0 aliphatic rings. The van der Waals surface area contributed by atoms with Gasteiger partial charge in [-0.3, -0.25) is 4.79 Å².